The number of amides is 2. The van der Waals surface area contributed by atoms with E-state index in [1.54, 1.807) is 42.5 Å². The van der Waals surface area contributed by atoms with Crippen LogP contribution in [0.5, 0.6) is 11.5 Å². The van der Waals surface area contributed by atoms with E-state index in [2.05, 4.69) is 5.32 Å². The van der Waals surface area contributed by atoms with Crippen LogP contribution in [0.3, 0.4) is 0 Å². The fourth-order valence-corrected chi connectivity index (χ4v) is 5.76. The molecule has 198 valence electrons. The smallest absolute Gasteiger partial charge is 0.337 e. The summed E-state index contributed by atoms with van der Waals surface area (Å²) in [7, 11) is 1.30. The van der Waals surface area contributed by atoms with Gasteiger partial charge in [-0.25, -0.2) is 4.79 Å². The molecule has 0 spiro atoms. The Morgan fingerprint density at radius 3 is 2.53 bits per heavy atom. The lowest BCUT2D eigenvalue weighted by atomic mass is 9.95. The van der Waals surface area contributed by atoms with E-state index in [1.165, 1.54) is 23.3 Å². The number of carbonyl (C=O) groups is 3. The van der Waals surface area contributed by atoms with E-state index < -0.39 is 24.0 Å². The fourth-order valence-electron chi connectivity index (χ4n) is 4.95. The first kappa shape index (κ1) is 25.8. The van der Waals surface area contributed by atoms with Crippen molar-refractivity contribution in [2.24, 2.45) is 0 Å². The van der Waals surface area contributed by atoms with Gasteiger partial charge < -0.3 is 19.5 Å². The molecule has 3 aromatic rings. The molecule has 2 aromatic carbocycles. The van der Waals surface area contributed by atoms with Crippen molar-refractivity contribution in [3.8, 4) is 11.5 Å². The largest absolute Gasteiger partial charge is 0.485 e. The van der Waals surface area contributed by atoms with Gasteiger partial charge in [-0.3, -0.25) is 14.5 Å². The summed E-state index contributed by atoms with van der Waals surface area (Å²) < 4.78 is 16.8. The number of hydrogen-bond acceptors (Lipinski definition) is 7. The van der Waals surface area contributed by atoms with E-state index in [0.29, 0.717) is 22.1 Å². The highest BCUT2D eigenvalue weighted by molar-refractivity contribution is 7.10. The fraction of sp³-hybridized carbons (Fsp3) is 0.345. The molecule has 0 radical (unpaired) electrons. The second-order valence-electron chi connectivity index (χ2n) is 9.38. The van der Waals surface area contributed by atoms with Crippen molar-refractivity contribution in [3.63, 3.8) is 0 Å². The highest BCUT2D eigenvalue weighted by Gasteiger charge is 2.40. The van der Waals surface area contributed by atoms with Gasteiger partial charge in [0, 0.05) is 16.6 Å². The molecular formula is C29H30N2O6S. The Hall–Kier alpha value is -3.85. The van der Waals surface area contributed by atoms with Crippen molar-refractivity contribution in [1.82, 2.24) is 5.32 Å². The lowest BCUT2D eigenvalue weighted by Crippen LogP contribution is -2.52. The molecule has 1 saturated carbocycles. The van der Waals surface area contributed by atoms with E-state index in [9.17, 15) is 14.4 Å². The summed E-state index contributed by atoms with van der Waals surface area (Å²) in [6.45, 7) is -0.00948. The first-order valence-electron chi connectivity index (χ1n) is 12.8. The number of fused-ring (bicyclic) bond motifs is 1. The van der Waals surface area contributed by atoms with Crippen LogP contribution in [0.2, 0.25) is 0 Å². The first-order chi connectivity index (χ1) is 18.5. The number of anilines is 1. The predicted octanol–water partition coefficient (Wildman–Crippen LogP) is 4.90. The van der Waals surface area contributed by atoms with Crippen molar-refractivity contribution in [2.45, 2.75) is 50.3 Å². The normalized spacial score (nSPS) is 17.8. The number of rotatable bonds is 7. The topological polar surface area (TPSA) is 94.2 Å². The maximum Gasteiger partial charge on any atom is 0.337 e. The molecule has 2 atom stereocenters. The van der Waals surface area contributed by atoms with Crippen molar-refractivity contribution in [1.29, 1.82) is 0 Å². The van der Waals surface area contributed by atoms with Crippen molar-refractivity contribution in [3.05, 3.63) is 76.5 Å². The van der Waals surface area contributed by atoms with Gasteiger partial charge in [0.15, 0.2) is 11.5 Å². The maximum atomic E-state index is 14.2. The van der Waals surface area contributed by atoms with Gasteiger partial charge in [0.25, 0.3) is 5.91 Å². The van der Waals surface area contributed by atoms with Crippen molar-refractivity contribution >= 4 is 34.8 Å². The van der Waals surface area contributed by atoms with Gasteiger partial charge in [-0.2, -0.15) is 0 Å². The minimum absolute atomic E-state index is 0.00948. The monoisotopic (exact) mass is 534 g/mol. The molecule has 1 fully saturated rings. The molecule has 0 bridgehead atoms. The van der Waals surface area contributed by atoms with Crippen molar-refractivity contribution in [2.75, 3.05) is 18.6 Å². The van der Waals surface area contributed by atoms with Crippen LogP contribution < -0.4 is 19.7 Å². The molecule has 5 rings (SSSR count). The van der Waals surface area contributed by atoms with E-state index in [-0.39, 0.29) is 24.1 Å². The molecule has 9 heteroatoms. The number of esters is 1. The van der Waals surface area contributed by atoms with E-state index in [1.807, 2.05) is 23.6 Å². The summed E-state index contributed by atoms with van der Waals surface area (Å²) in [6.07, 6.45) is 4.11. The second kappa shape index (κ2) is 11.7. The van der Waals surface area contributed by atoms with Crippen molar-refractivity contribution < 1.29 is 28.6 Å². The van der Waals surface area contributed by atoms with Crippen LogP contribution in [0, 0.1) is 0 Å². The standard InChI is InChI=1S/C29H30N2O6S/c1-35-29(34)19-9-7-12-21(17-19)31(28(33)24-18-36-22-13-5-6-14-23(22)37-24)26(25-15-8-16-38-25)27(32)30-20-10-3-2-4-11-20/h5-9,12-17,20,24,26H,2-4,10-11,18H2,1H3,(H,30,32)/t24-,26-/m0/s1. The zero-order valence-electron chi connectivity index (χ0n) is 21.1. The Morgan fingerprint density at radius 2 is 1.79 bits per heavy atom. The number of nitrogens with one attached hydrogen (secondary N) is 1. The minimum atomic E-state index is -0.989. The molecule has 1 N–H and O–H groups in total. The predicted molar refractivity (Wildman–Crippen MR) is 144 cm³/mol. The Bertz CT molecular complexity index is 1290. The van der Waals surface area contributed by atoms with Gasteiger partial charge in [0.1, 0.15) is 12.6 Å². The molecule has 1 aliphatic heterocycles. The van der Waals surface area contributed by atoms with Crippen LogP contribution in [0.25, 0.3) is 0 Å². The molecule has 1 aromatic heterocycles. The molecule has 1 aliphatic carbocycles. The number of benzene rings is 2. The first-order valence-corrected chi connectivity index (χ1v) is 13.7. The third-order valence-corrected chi connectivity index (χ3v) is 7.76. The van der Waals surface area contributed by atoms with Crippen LogP contribution in [0.1, 0.15) is 53.4 Å². The zero-order valence-corrected chi connectivity index (χ0v) is 21.9. The number of nitrogens with zero attached hydrogens (tertiary/aromatic N) is 1. The molecule has 8 nitrogen and oxygen atoms in total. The van der Waals surface area contributed by atoms with Crippen LogP contribution in [-0.2, 0) is 14.3 Å². The molecule has 2 aliphatic rings. The third-order valence-electron chi connectivity index (χ3n) is 6.84. The Balaban J connectivity index is 1.54. The highest BCUT2D eigenvalue weighted by atomic mass is 32.1. The number of ether oxygens (including phenoxy) is 3. The van der Waals surface area contributed by atoms with Gasteiger partial charge in [-0.05, 0) is 54.6 Å². The summed E-state index contributed by atoms with van der Waals surface area (Å²) in [4.78, 5) is 42.6. The average Bonchev–Trinajstić information content (AvgIpc) is 3.49. The van der Waals surface area contributed by atoms with Crippen LogP contribution in [0.15, 0.2) is 66.0 Å². The maximum absolute atomic E-state index is 14.2. The number of para-hydroxylation sites is 2. The number of methoxy groups -OCH3 is 1. The highest BCUT2D eigenvalue weighted by Crippen LogP contribution is 2.36. The SMILES string of the molecule is COC(=O)c1cccc(N(C(=O)[C@@H]2COc3ccccc3O2)[C@H](C(=O)NC2CCCCC2)c2cccs2)c1. The molecule has 0 unspecified atom stereocenters. The number of hydrogen-bond donors (Lipinski definition) is 1. The van der Waals surface area contributed by atoms with Crippen LogP contribution in [0.4, 0.5) is 5.69 Å². The Kier molecular flexibility index (Phi) is 7.93. The van der Waals surface area contributed by atoms with E-state index in [0.717, 1.165) is 32.1 Å². The summed E-state index contributed by atoms with van der Waals surface area (Å²) in [5.41, 5.74) is 0.657. The van der Waals surface area contributed by atoms with Gasteiger partial charge in [0.05, 0.1) is 12.7 Å². The lowest BCUT2D eigenvalue weighted by Gasteiger charge is -2.36. The van der Waals surface area contributed by atoms with Gasteiger partial charge in [-0.1, -0.05) is 43.5 Å². The Morgan fingerprint density at radius 1 is 1.00 bits per heavy atom. The summed E-state index contributed by atoms with van der Waals surface area (Å²) in [6, 6.07) is 16.5. The van der Waals surface area contributed by atoms with Gasteiger partial charge in [0.2, 0.25) is 12.0 Å². The van der Waals surface area contributed by atoms with E-state index >= 15 is 0 Å². The molecule has 2 amide bonds. The minimum Gasteiger partial charge on any atom is -0.485 e. The molecule has 38 heavy (non-hydrogen) atoms. The summed E-state index contributed by atoms with van der Waals surface area (Å²) in [5.74, 6) is -0.239. The van der Waals surface area contributed by atoms with Gasteiger partial charge >= 0.3 is 5.97 Å². The lowest BCUT2D eigenvalue weighted by molar-refractivity contribution is -0.132. The van der Waals surface area contributed by atoms with Gasteiger partial charge in [-0.15, -0.1) is 11.3 Å². The summed E-state index contributed by atoms with van der Waals surface area (Å²) >= 11 is 1.39. The average molecular weight is 535 g/mol. The third kappa shape index (κ3) is 5.52. The van der Waals surface area contributed by atoms with Crippen LogP contribution in [-0.4, -0.2) is 43.6 Å². The number of thiophene rings is 1. The molecule has 2 heterocycles. The quantitative estimate of drug-likeness (QED) is 0.434. The molecule has 0 saturated heterocycles. The molecular weight excluding hydrogens is 504 g/mol. The van der Waals surface area contributed by atoms with Crippen LogP contribution >= 0.6 is 11.3 Å². The summed E-state index contributed by atoms with van der Waals surface area (Å²) in [5, 5.41) is 5.06. The second-order valence-corrected chi connectivity index (χ2v) is 10.4. The van der Waals surface area contributed by atoms with E-state index in [4.69, 9.17) is 14.2 Å². The Labute approximate surface area is 225 Å². The number of carbonyl (C=O) groups excluding carboxylic acids is 3. The zero-order chi connectivity index (χ0) is 26.5.